The average Bonchev–Trinajstić information content (AvgIpc) is 3.47. The van der Waals surface area contributed by atoms with E-state index >= 15 is 0 Å². The number of amides is 1. The minimum Gasteiger partial charge on any atom is -0.493 e. The molecule has 33 heavy (non-hydrogen) atoms. The van der Waals surface area contributed by atoms with Crippen molar-refractivity contribution in [1.29, 1.82) is 0 Å². The molecule has 1 aromatic carbocycles. The molecular weight excluding hydrogens is 461 g/mol. The summed E-state index contributed by atoms with van der Waals surface area (Å²) in [6.07, 6.45) is -3.62. The first-order valence-corrected chi connectivity index (χ1v) is 10.7. The van der Waals surface area contributed by atoms with E-state index in [9.17, 15) is 18.0 Å². The lowest BCUT2D eigenvalue weighted by Crippen LogP contribution is -2.36. The zero-order valence-corrected chi connectivity index (χ0v) is 18.7. The second-order valence-corrected chi connectivity index (χ2v) is 8.20. The molecule has 2 N–H and O–H groups in total. The van der Waals surface area contributed by atoms with Gasteiger partial charge in [0, 0.05) is 29.1 Å². The fraction of sp³-hybridized carbons (Fsp3) is 0.333. The summed E-state index contributed by atoms with van der Waals surface area (Å²) in [5, 5.41) is 11.4. The van der Waals surface area contributed by atoms with Gasteiger partial charge in [0.25, 0.3) is 5.91 Å². The summed E-state index contributed by atoms with van der Waals surface area (Å²) in [6, 6.07) is 4.12. The van der Waals surface area contributed by atoms with E-state index < -0.39 is 24.2 Å². The molecule has 0 saturated heterocycles. The van der Waals surface area contributed by atoms with Crippen molar-refractivity contribution in [3.05, 3.63) is 46.3 Å². The Balaban J connectivity index is 1.68. The summed E-state index contributed by atoms with van der Waals surface area (Å²) in [4.78, 5) is 13.8. The Morgan fingerprint density at radius 2 is 1.91 bits per heavy atom. The third-order valence-electron chi connectivity index (χ3n) is 5.29. The van der Waals surface area contributed by atoms with Gasteiger partial charge in [-0.2, -0.15) is 18.3 Å². The largest absolute Gasteiger partial charge is 0.493 e. The molecule has 1 aliphatic rings. The van der Waals surface area contributed by atoms with Crippen molar-refractivity contribution in [2.45, 2.75) is 24.7 Å². The molecule has 1 aliphatic heterocycles. The van der Waals surface area contributed by atoms with Crippen LogP contribution in [0.3, 0.4) is 0 Å². The van der Waals surface area contributed by atoms with Gasteiger partial charge in [-0.15, -0.1) is 11.3 Å². The van der Waals surface area contributed by atoms with Crippen molar-refractivity contribution >= 4 is 28.7 Å². The van der Waals surface area contributed by atoms with Crippen LogP contribution in [0.1, 0.15) is 33.7 Å². The van der Waals surface area contributed by atoms with Gasteiger partial charge < -0.3 is 24.8 Å². The van der Waals surface area contributed by atoms with Crippen molar-refractivity contribution < 1.29 is 32.2 Å². The van der Waals surface area contributed by atoms with Gasteiger partial charge in [0.2, 0.25) is 5.75 Å². The second kappa shape index (κ2) is 8.85. The number of aromatic nitrogens is 2. The van der Waals surface area contributed by atoms with Gasteiger partial charge >= 0.3 is 6.18 Å². The van der Waals surface area contributed by atoms with Gasteiger partial charge in [-0.05, 0) is 11.4 Å². The van der Waals surface area contributed by atoms with Crippen LogP contribution in [0.5, 0.6) is 17.2 Å². The monoisotopic (exact) mass is 482 g/mol. The van der Waals surface area contributed by atoms with Crippen molar-refractivity contribution in [2.24, 2.45) is 0 Å². The normalized spacial score (nSPS) is 17.6. The van der Waals surface area contributed by atoms with E-state index in [1.165, 1.54) is 44.8 Å². The number of halogens is 3. The van der Waals surface area contributed by atoms with Crippen LogP contribution >= 0.6 is 11.3 Å². The molecule has 3 heterocycles. The Morgan fingerprint density at radius 3 is 2.45 bits per heavy atom. The minimum atomic E-state index is -4.52. The molecule has 2 atom stereocenters. The second-order valence-electron chi connectivity index (χ2n) is 7.23. The van der Waals surface area contributed by atoms with Gasteiger partial charge in [0.05, 0.1) is 33.6 Å². The van der Waals surface area contributed by atoms with Crippen molar-refractivity contribution in [3.8, 4) is 17.2 Å². The predicted molar refractivity (Wildman–Crippen MR) is 117 cm³/mol. The summed E-state index contributed by atoms with van der Waals surface area (Å²) < 4.78 is 58.1. The number of ether oxygens (including phenoxy) is 3. The molecule has 1 amide bonds. The van der Waals surface area contributed by atoms with Crippen molar-refractivity contribution in [1.82, 2.24) is 9.78 Å². The maximum Gasteiger partial charge on any atom is 0.410 e. The van der Waals surface area contributed by atoms with Crippen LogP contribution in [0.15, 0.2) is 35.8 Å². The number of nitrogens with zero attached hydrogens (tertiary/aromatic N) is 2. The molecule has 8 nitrogen and oxygen atoms in total. The number of thiophene rings is 1. The molecular formula is C21H21F3N4O4S. The van der Waals surface area contributed by atoms with E-state index in [0.717, 1.165) is 15.8 Å². The molecule has 12 heteroatoms. The van der Waals surface area contributed by atoms with Crippen LogP contribution < -0.4 is 24.8 Å². The lowest BCUT2D eigenvalue weighted by molar-refractivity contribution is -0.173. The predicted octanol–water partition coefficient (Wildman–Crippen LogP) is 4.88. The fourth-order valence-corrected chi connectivity index (χ4v) is 4.55. The average molecular weight is 482 g/mol. The maximum absolute atomic E-state index is 13.8. The van der Waals surface area contributed by atoms with Crippen LogP contribution in [-0.4, -0.2) is 43.2 Å². The highest BCUT2D eigenvalue weighted by Crippen LogP contribution is 2.45. The standard InChI is InChI=1S/C21H21F3N4O4S/c1-30-14-7-11(8-15(31-2)18(14)32-3)26-20(29)12-10-25-28-17(21(22,23)24)9-13(27-19(12)28)16-5-4-6-33-16/h4-8,10,13,17,27H,9H2,1-3H3,(H,26,29)/t13-,17-/m0/s1. The highest BCUT2D eigenvalue weighted by Gasteiger charge is 2.47. The quantitative estimate of drug-likeness (QED) is 0.521. The Bertz CT molecular complexity index is 1120. The third-order valence-corrected chi connectivity index (χ3v) is 6.28. The first kappa shape index (κ1) is 22.8. The summed E-state index contributed by atoms with van der Waals surface area (Å²) in [6.45, 7) is 0. The number of hydrogen-bond acceptors (Lipinski definition) is 7. The topological polar surface area (TPSA) is 86.6 Å². The molecule has 3 aromatic rings. The number of rotatable bonds is 6. The molecule has 0 saturated carbocycles. The molecule has 176 valence electrons. The van der Waals surface area contributed by atoms with Crippen LogP contribution in [0.25, 0.3) is 0 Å². The minimum absolute atomic E-state index is 0.00640. The van der Waals surface area contributed by atoms with Crippen LogP contribution in [0, 0.1) is 0 Å². The number of alkyl halides is 3. The molecule has 0 aliphatic carbocycles. The van der Waals surface area contributed by atoms with Gasteiger partial charge in [-0.1, -0.05) is 6.07 Å². The summed E-state index contributed by atoms with van der Waals surface area (Å²) in [7, 11) is 4.32. The Hall–Kier alpha value is -3.41. The summed E-state index contributed by atoms with van der Waals surface area (Å²) >= 11 is 1.35. The number of carbonyl (C=O) groups is 1. The van der Waals surface area contributed by atoms with Gasteiger partial charge in [0.15, 0.2) is 17.5 Å². The van der Waals surface area contributed by atoms with E-state index in [-0.39, 0.29) is 17.8 Å². The molecule has 0 fully saturated rings. The lowest BCUT2D eigenvalue weighted by Gasteiger charge is -2.33. The molecule has 0 spiro atoms. The van der Waals surface area contributed by atoms with Crippen molar-refractivity contribution in [2.75, 3.05) is 32.0 Å². The fourth-order valence-electron chi connectivity index (χ4n) is 3.76. The van der Waals surface area contributed by atoms with E-state index in [0.29, 0.717) is 22.9 Å². The van der Waals surface area contributed by atoms with E-state index in [1.54, 1.807) is 17.5 Å². The lowest BCUT2D eigenvalue weighted by atomic mass is 10.0. The smallest absolute Gasteiger partial charge is 0.410 e. The number of carbonyl (C=O) groups excluding carboxylic acids is 1. The first-order chi connectivity index (χ1) is 15.8. The van der Waals surface area contributed by atoms with Crippen molar-refractivity contribution in [3.63, 3.8) is 0 Å². The first-order valence-electron chi connectivity index (χ1n) is 9.82. The number of nitrogens with one attached hydrogen (secondary N) is 2. The Kier molecular flexibility index (Phi) is 6.11. The van der Waals surface area contributed by atoms with Crippen LogP contribution in [0.4, 0.5) is 24.7 Å². The van der Waals surface area contributed by atoms with Gasteiger partial charge in [-0.25, -0.2) is 4.68 Å². The number of anilines is 2. The Labute approximate surface area is 191 Å². The van der Waals surface area contributed by atoms with Gasteiger partial charge in [-0.3, -0.25) is 4.79 Å². The highest BCUT2D eigenvalue weighted by atomic mass is 32.1. The zero-order chi connectivity index (χ0) is 23.8. The third kappa shape index (κ3) is 4.30. The van der Waals surface area contributed by atoms with E-state index in [4.69, 9.17) is 14.2 Å². The number of benzene rings is 1. The molecule has 0 bridgehead atoms. The zero-order valence-electron chi connectivity index (χ0n) is 17.9. The van der Waals surface area contributed by atoms with Gasteiger partial charge in [0.1, 0.15) is 11.4 Å². The maximum atomic E-state index is 13.8. The number of methoxy groups -OCH3 is 3. The SMILES string of the molecule is COc1cc(NC(=O)c2cnn3c2N[C@H](c2cccs2)C[C@H]3C(F)(F)F)cc(OC)c1OC. The number of hydrogen-bond donors (Lipinski definition) is 2. The summed E-state index contributed by atoms with van der Waals surface area (Å²) in [5.74, 6) is 0.349. The highest BCUT2D eigenvalue weighted by molar-refractivity contribution is 7.10. The molecule has 0 radical (unpaired) electrons. The molecule has 0 unspecified atom stereocenters. The van der Waals surface area contributed by atoms with E-state index in [2.05, 4.69) is 15.7 Å². The number of fused-ring (bicyclic) bond motifs is 1. The van der Waals surface area contributed by atoms with Crippen LogP contribution in [0.2, 0.25) is 0 Å². The molecule has 2 aromatic heterocycles. The Morgan fingerprint density at radius 1 is 1.21 bits per heavy atom. The summed E-state index contributed by atoms with van der Waals surface area (Å²) in [5.41, 5.74) is 0.298. The van der Waals surface area contributed by atoms with E-state index in [1.807, 2.05) is 0 Å². The van der Waals surface area contributed by atoms with Crippen LogP contribution in [-0.2, 0) is 0 Å². The molecule has 4 rings (SSSR count).